The average molecular weight is 330 g/mol. The maximum atomic E-state index is 13.5. The summed E-state index contributed by atoms with van der Waals surface area (Å²) < 4.78 is 40.3. The number of rotatable bonds is 4. The van der Waals surface area contributed by atoms with E-state index in [1.165, 1.54) is 18.1 Å². The van der Waals surface area contributed by atoms with Crippen molar-refractivity contribution in [1.29, 1.82) is 0 Å². The molecule has 0 radical (unpaired) electrons. The van der Waals surface area contributed by atoms with Gasteiger partial charge in [0.1, 0.15) is 5.82 Å². The Labute approximate surface area is 126 Å². The molecule has 1 aliphatic heterocycles. The van der Waals surface area contributed by atoms with E-state index in [1.54, 1.807) is 0 Å². The maximum Gasteiger partial charge on any atom is 0.339 e. The molecule has 1 unspecified atom stereocenters. The first-order chi connectivity index (χ1) is 10.2. The Morgan fingerprint density at radius 1 is 1.50 bits per heavy atom. The molecular weight excluding hydrogens is 315 g/mol. The van der Waals surface area contributed by atoms with Crippen molar-refractivity contribution in [1.82, 2.24) is 0 Å². The molecule has 2 N–H and O–H groups in total. The number of carbonyl (C=O) groups is 2. The predicted molar refractivity (Wildman–Crippen MR) is 76.2 cm³/mol. The van der Waals surface area contributed by atoms with Crippen molar-refractivity contribution in [2.75, 3.05) is 24.3 Å². The average Bonchev–Trinajstić information content (AvgIpc) is 2.76. The lowest BCUT2D eigenvalue weighted by Crippen LogP contribution is -2.29. The van der Waals surface area contributed by atoms with E-state index in [9.17, 15) is 22.4 Å². The Kier molecular flexibility index (Phi) is 4.47. The number of benzene rings is 1. The second kappa shape index (κ2) is 6.01. The summed E-state index contributed by atoms with van der Waals surface area (Å²) in [6.45, 7) is 0.0444. The number of sulfonamides is 1. The lowest BCUT2D eigenvalue weighted by Gasteiger charge is -2.19. The van der Waals surface area contributed by atoms with E-state index in [1.807, 2.05) is 0 Å². The summed E-state index contributed by atoms with van der Waals surface area (Å²) in [5.74, 6) is -2.58. The van der Waals surface area contributed by atoms with Gasteiger partial charge in [-0.05, 0) is 18.2 Å². The summed E-state index contributed by atoms with van der Waals surface area (Å²) in [7, 11) is -2.55. The van der Waals surface area contributed by atoms with Crippen molar-refractivity contribution in [3.8, 4) is 0 Å². The third-order valence-corrected chi connectivity index (χ3v) is 4.27. The van der Waals surface area contributed by atoms with Gasteiger partial charge in [-0.3, -0.25) is 4.79 Å². The highest BCUT2D eigenvalue weighted by Crippen LogP contribution is 2.29. The molecule has 9 heteroatoms. The fraction of sp³-hybridized carbons (Fsp3) is 0.385. The zero-order valence-electron chi connectivity index (χ0n) is 11.8. The molecule has 7 nitrogen and oxygen atoms in total. The molecule has 1 heterocycles. The van der Waals surface area contributed by atoms with Crippen LogP contribution < -0.4 is 10.0 Å². The molecule has 1 fully saturated rings. The van der Waals surface area contributed by atoms with E-state index in [0.717, 1.165) is 12.1 Å². The Balaban J connectivity index is 2.34. The first-order valence-corrected chi connectivity index (χ1v) is 8.11. The van der Waals surface area contributed by atoms with Crippen LogP contribution >= 0.6 is 0 Å². The largest absolute Gasteiger partial charge is 0.465 e. The smallest absolute Gasteiger partial charge is 0.339 e. The summed E-state index contributed by atoms with van der Waals surface area (Å²) in [5, 5.41) is 4.98. The summed E-state index contributed by atoms with van der Waals surface area (Å²) in [5.41, 5.74) is 0.0993. The standard InChI is InChI=1S/C13H15FN2O5S/c1-21-13(18)10-3-2-9(14)5-11(10)16-6-8(4-12(16)17)7-22(15,19)20/h2-3,5,8H,4,6-7H2,1H3,(H2,15,19,20). The van der Waals surface area contributed by atoms with Crippen molar-refractivity contribution in [2.45, 2.75) is 6.42 Å². The van der Waals surface area contributed by atoms with E-state index < -0.39 is 33.6 Å². The van der Waals surface area contributed by atoms with Crippen LogP contribution in [-0.4, -0.2) is 39.7 Å². The van der Waals surface area contributed by atoms with Gasteiger partial charge in [-0.2, -0.15) is 0 Å². The van der Waals surface area contributed by atoms with Crippen LogP contribution in [0.5, 0.6) is 0 Å². The fourth-order valence-electron chi connectivity index (χ4n) is 2.47. The Hall–Kier alpha value is -2.00. The van der Waals surface area contributed by atoms with Crippen LogP contribution in [0.2, 0.25) is 0 Å². The van der Waals surface area contributed by atoms with Crippen LogP contribution in [-0.2, 0) is 19.6 Å². The molecule has 22 heavy (non-hydrogen) atoms. The minimum Gasteiger partial charge on any atom is -0.465 e. The van der Waals surface area contributed by atoms with Gasteiger partial charge in [-0.15, -0.1) is 0 Å². The zero-order chi connectivity index (χ0) is 16.5. The number of primary sulfonamides is 1. The number of methoxy groups -OCH3 is 1. The second-order valence-electron chi connectivity index (χ2n) is 5.06. The van der Waals surface area contributed by atoms with E-state index in [0.29, 0.717) is 0 Å². The summed E-state index contributed by atoms with van der Waals surface area (Å²) in [4.78, 5) is 25.0. The van der Waals surface area contributed by atoms with Gasteiger partial charge >= 0.3 is 5.97 Å². The minimum atomic E-state index is -3.72. The number of anilines is 1. The normalized spacial score (nSPS) is 18.6. The SMILES string of the molecule is COC(=O)c1ccc(F)cc1N1CC(CS(N)(=O)=O)CC1=O. The van der Waals surface area contributed by atoms with Gasteiger partial charge < -0.3 is 9.64 Å². The Morgan fingerprint density at radius 3 is 2.77 bits per heavy atom. The van der Waals surface area contributed by atoms with Crippen molar-refractivity contribution >= 4 is 27.6 Å². The third-order valence-electron chi connectivity index (χ3n) is 3.33. The zero-order valence-corrected chi connectivity index (χ0v) is 12.6. The minimum absolute atomic E-state index is 0.0342. The molecule has 120 valence electrons. The number of hydrogen-bond donors (Lipinski definition) is 1. The van der Waals surface area contributed by atoms with Gasteiger partial charge in [0.2, 0.25) is 15.9 Å². The molecule has 1 amide bonds. The number of amides is 1. The highest BCUT2D eigenvalue weighted by Gasteiger charge is 2.34. The fourth-order valence-corrected chi connectivity index (χ4v) is 3.35. The second-order valence-corrected chi connectivity index (χ2v) is 6.72. The number of nitrogens with two attached hydrogens (primary N) is 1. The van der Waals surface area contributed by atoms with Gasteiger partial charge in [0, 0.05) is 18.9 Å². The molecule has 0 aliphatic carbocycles. The van der Waals surface area contributed by atoms with Crippen LogP contribution in [0.1, 0.15) is 16.8 Å². The highest BCUT2D eigenvalue weighted by atomic mass is 32.2. The molecule has 0 aromatic heterocycles. The highest BCUT2D eigenvalue weighted by molar-refractivity contribution is 7.89. The predicted octanol–water partition coefficient (Wildman–Crippen LogP) is 0.254. The lowest BCUT2D eigenvalue weighted by atomic mass is 10.1. The number of esters is 1. The van der Waals surface area contributed by atoms with Crippen LogP contribution in [0.25, 0.3) is 0 Å². The van der Waals surface area contributed by atoms with Crippen LogP contribution in [0.3, 0.4) is 0 Å². The van der Waals surface area contributed by atoms with Gasteiger partial charge in [-0.25, -0.2) is 22.7 Å². The topological polar surface area (TPSA) is 107 Å². The molecule has 1 saturated heterocycles. The van der Waals surface area contributed by atoms with Gasteiger partial charge in [0.05, 0.1) is 24.1 Å². The maximum absolute atomic E-state index is 13.5. The molecule has 0 bridgehead atoms. The van der Waals surface area contributed by atoms with E-state index in [2.05, 4.69) is 4.74 Å². The summed E-state index contributed by atoms with van der Waals surface area (Å²) in [6.07, 6.45) is -0.0342. The first kappa shape index (κ1) is 16.4. The number of halogens is 1. The summed E-state index contributed by atoms with van der Waals surface area (Å²) in [6, 6.07) is 3.35. The Morgan fingerprint density at radius 2 is 2.18 bits per heavy atom. The third kappa shape index (κ3) is 3.60. The van der Waals surface area contributed by atoms with Crippen LogP contribution in [0.15, 0.2) is 18.2 Å². The van der Waals surface area contributed by atoms with Crippen LogP contribution in [0, 0.1) is 11.7 Å². The number of ether oxygens (including phenoxy) is 1. The Bertz CT molecular complexity index is 719. The first-order valence-electron chi connectivity index (χ1n) is 6.40. The number of hydrogen-bond acceptors (Lipinski definition) is 5. The molecule has 0 spiro atoms. The number of nitrogens with zero attached hydrogens (tertiary/aromatic N) is 1. The van der Waals surface area contributed by atoms with Crippen molar-refractivity contribution in [3.05, 3.63) is 29.6 Å². The number of carbonyl (C=O) groups excluding carboxylic acids is 2. The molecule has 0 saturated carbocycles. The molecule has 1 aromatic carbocycles. The van der Waals surface area contributed by atoms with Crippen LogP contribution in [0.4, 0.5) is 10.1 Å². The summed E-state index contributed by atoms with van der Waals surface area (Å²) >= 11 is 0. The van der Waals surface area contributed by atoms with Crippen molar-refractivity contribution in [2.24, 2.45) is 11.1 Å². The van der Waals surface area contributed by atoms with Crippen molar-refractivity contribution in [3.63, 3.8) is 0 Å². The van der Waals surface area contributed by atoms with Crippen molar-refractivity contribution < 1.29 is 27.1 Å². The molecule has 1 aromatic rings. The molecule has 1 atom stereocenters. The van der Waals surface area contributed by atoms with E-state index >= 15 is 0 Å². The molecule has 1 aliphatic rings. The van der Waals surface area contributed by atoms with Gasteiger partial charge in [-0.1, -0.05) is 0 Å². The van der Waals surface area contributed by atoms with Gasteiger partial charge in [0.15, 0.2) is 0 Å². The van der Waals surface area contributed by atoms with E-state index in [4.69, 9.17) is 5.14 Å². The van der Waals surface area contributed by atoms with E-state index in [-0.39, 0.29) is 30.0 Å². The molecule has 2 rings (SSSR count). The monoisotopic (exact) mass is 330 g/mol. The quantitative estimate of drug-likeness (QED) is 0.797. The van der Waals surface area contributed by atoms with Gasteiger partial charge in [0.25, 0.3) is 0 Å². The lowest BCUT2D eigenvalue weighted by molar-refractivity contribution is -0.117. The molecular formula is C13H15FN2O5S.